The number of para-hydroxylation sites is 1. The van der Waals surface area contributed by atoms with Gasteiger partial charge in [-0.3, -0.25) is 4.79 Å². The number of ether oxygens (including phenoxy) is 3. The van der Waals surface area contributed by atoms with Crippen LogP contribution >= 0.6 is 0 Å². The highest BCUT2D eigenvalue weighted by Crippen LogP contribution is 2.27. The molecule has 2 aromatic carbocycles. The van der Waals surface area contributed by atoms with Crippen LogP contribution in [0.5, 0.6) is 23.1 Å². The third-order valence-electron chi connectivity index (χ3n) is 5.63. The highest BCUT2D eigenvalue weighted by molar-refractivity contribution is 5.98. The van der Waals surface area contributed by atoms with E-state index in [0.717, 1.165) is 5.75 Å². The molecule has 0 spiro atoms. The smallest absolute Gasteiger partial charge is 0.249 e. The number of carbonyl (C=O) groups excluding carboxylic acids is 1. The van der Waals surface area contributed by atoms with Gasteiger partial charge in [0.15, 0.2) is 0 Å². The van der Waals surface area contributed by atoms with Gasteiger partial charge in [-0.15, -0.1) is 0 Å². The predicted molar refractivity (Wildman–Crippen MR) is 163 cm³/mol. The van der Waals surface area contributed by atoms with Gasteiger partial charge in [0.05, 0.1) is 13.2 Å². The van der Waals surface area contributed by atoms with Gasteiger partial charge in [-0.25, -0.2) is 15.0 Å². The summed E-state index contributed by atoms with van der Waals surface area (Å²) in [5.41, 5.74) is 8.24. The molecule has 2 heterocycles. The van der Waals surface area contributed by atoms with Gasteiger partial charge in [0, 0.05) is 36.7 Å². The standard InChI is InChI=1S/C30H31N9O4/c1-39(18-20-41-19-16-34-38-31)17-6-11-29(40)37-27-10-5-9-26(35-27)36-28-21-30(33-22-32-28)43-25-14-12-24(13-15-25)42-23-7-3-2-4-8-23/h2-15,21-22H,16-20H2,1H3,(H2,32,33,35,36,37,40)/b11-6+. The fourth-order valence-electron chi connectivity index (χ4n) is 3.56. The Morgan fingerprint density at radius 1 is 0.930 bits per heavy atom. The summed E-state index contributed by atoms with van der Waals surface area (Å²) in [6, 6.07) is 23.6. The van der Waals surface area contributed by atoms with Crippen molar-refractivity contribution in [2.75, 3.05) is 50.5 Å². The Kier molecular flexibility index (Phi) is 11.8. The quantitative estimate of drug-likeness (QED) is 0.0535. The Morgan fingerprint density at radius 2 is 1.67 bits per heavy atom. The van der Waals surface area contributed by atoms with Gasteiger partial charge < -0.3 is 29.7 Å². The van der Waals surface area contributed by atoms with Crippen molar-refractivity contribution in [3.8, 4) is 23.1 Å². The normalized spacial score (nSPS) is 10.7. The van der Waals surface area contributed by atoms with Crippen LogP contribution in [0.15, 0.2) is 102 Å². The highest BCUT2D eigenvalue weighted by Gasteiger charge is 2.06. The number of amides is 1. The zero-order valence-corrected chi connectivity index (χ0v) is 23.5. The second-order valence-electron chi connectivity index (χ2n) is 8.98. The number of rotatable bonds is 16. The van der Waals surface area contributed by atoms with E-state index in [0.29, 0.717) is 67.7 Å². The number of aromatic nitrogens is 3. The molecule has 0 aliphatic rings. The Balaban J connectivity index is 1.24. The molecule has 2 aromatic heterocycles. The first kappa shape index (κ1) is 30.5. The summed E-state index contributed by atoms with van der Waals surface area (Å²) in [4.78, 5) is 29.9. The molecule has 1 amide bonds. The lowest BCUT2D eigenvalue weighted by Crippen LogP contribution is -2.24. The number of likely N-dealkylation sites (N-methyl/N-ethyl adjacent to an activating group) is 1. The van der Waals surface area contributed by atoms with Crippen LogP contribution in [0.2, 0.25) is 0 Å². The van der Waals surface area contributed by atoms with Crippen molar-refractivity contribution in [1.82, 2.24) is 19.9 Å². The molecule has 0 saturated carbocycles. The minimum Gasteiger partial charge on any atom is -0.457 e. The van der Waals surface area contributed by atoms with Crippen LogP contribution in [-0.4, -0.2) is 65.7 Å². The van der Waals surface area contributed by atoms with Crippen molar-refractivity contribution in [2.45, 2.75) is 0 Å². The highest BCUT2D eigenvalue weighted by atomic mass is 16.5. The molecular weight excluding hydrogens is 550 g/mol. The van der Waals surface area contributed by atoms with Crippen molar-refractivity contribution < 1.29 is 19.0 Å². The molecule has 0 aliphatic heterocycles. The third kappa shape index (κ3) is 11.1. The molecule has 0 bridgehead atoms. The minimum atomic E-state index is -0.304. The maximum absolute atomic E-state index is 12.4. The molecule has 13 nitrogen and oxygen atoms in total. The molecule has 0 saturated heterocycles. The van der Waals surface area contributed by atoms with Gasteiger partial charge in [0.25, 0.3) is 0 Å². The van der Waals surface area contributed by atoms with E-state index in [1.54, 1.807) is 42.5 Å². The number of hydrogen-bond acceptors (Lipinski definition) is 10. The van der Waals surface area contributed by atoms with Crippen molar-refractivity contribution in [2.24, 2.45) is 5.11 Å². The molecule has 0 unspecified atom stereocenters. The second kappa shape index (κ2) is 16.7. The molecule has 13 heteroatoms. The van der Waals surface area contributed by atoms with E-state index in [1.807, 2.05) is 54.4 Å². The van der Waals surface area contributed by atoms with Crippen LogP contribution in [0.4, 0.5) is 17.5 Å². The van der Waals surface area contributed by atoms with Gasteiger partial charge in [-0.1, -0.05) is 35.5 Å². The molecule has 0 aliphatic carbocycles. The SMILES string of the molecule is CN(C/C=C/C(=O)Nc1cccc(Nc2cc(Oc3ccc(Oc4ccccc4)cc3)ncn2)n1)CCOCCN=[N+]=[N-]. The molecular formula is C30H31N9O4. The molecule has 220 valence electrons. The monoisotopic (exact) mass is 581 g/mol. The first-order chi connectivity index (χ1) is 21.1. The molecule has 4 rings (SSSR count). The zero-order chi connectivity index (χ0) is 30.1. The fraction of sp³-hybridized carbons (Fsp3) is 0.200. The third-order valence-corrected chi connectivity index (χ3v) is 5.63. The number of pyridine rings is 1. The number of carbonyl (C=O) groups is 1. The van der Waals surface area contributed by atoms with E-state index in [1.165, 1.54) is 12.4 Å². The molecule has 43 heavy (non-hydrogen) atoms. The summed E-state index contributed by atoms with van der Waals surface area (Å²) >= 11 is 0. The molecule has 4 aromatic rings. The Labute approximate surface area is 248 Å². The summed E-state index contributed by atoms with van der Waals surface area (Å²) in [6.45, 7) is 2.42. The number of azide groups is 1. The zero-order valence-electron chi connectivity index (χ0n) is 23.5. The summed E-state index contributed by atoms with van der Waals surface area (Å²) in [6.07, 6.45) is 4.59. The van der Waals surface area contributed by atoms with Crippen LogP contribution in [0.25, 0.3) is 10.4 Å². The van der Waals surface area contributed by atoms with Gasteiger partial charge in [-0.05, 0) is 61.1 Å². The van der Waals surface area contributed by atoms with E-state index in [-0.39, 0.29) is 5.91 Å². The molecule has 0 radical (unpaired) electrons. The first-order valence-electron chi connectivity index (χ1n) is 13.4. The van der Waals surface area contributed by atoms with E-state index >= 15 is 0 Å². The van der Waals surface area contributed by atoms with Crippen LogP contribution in [0.3, 0.4) is 0 Å². The molecule has 0 atom stereocenters. The van der Waals surface area contributed by atoms with Crippen LogP contribution < -0.4 is 20.1 Å². The molecule has 2 N–H and O–H groups in total. The second-order valence-corrected chi connectivity index (χ2v) is 8.98. The summed E-state index contributed by atoms with van der Waals surface area (Å²) in [5.74, 6) is 3.39. The van der Waals surface area contributed by atoms with E-state index in [9.17, 15) is 4.79 Å². The lowest BCUT2D eigenvalue weighted by atomic mass is 10.3. The maximum atomic E-state index is 12.4. The van der Waals surface area contributed by atoms with Crippen molar-refractivity contribution in [1.29, 1.82) is 0 Å². The number of nitrogens with zero attached hydrogens (tertiary/aromatic N) is 7. The summed E-state index contributed by atoms with van der Waals surface area (Å²) in [7, 11) is 1.91. The minimum absolute atomic E-state index is 0.304. The van der Waals surface area contributed by atoms with Crippen molar-refractivity contribution in [3.05, 3.63) is 108 Å². The lowest BCUT2D eigenvalue weighted by Gasteiger charge is -2.13. The molecule has 0 fully saturated rings. The number of benzene rings is 2. The van der Waals surface area contributed by atoms with Crippen molar-refractivity contribution >= 4 is 23.4 Å². The number of anilines is 3. The summed E-state index contributed by atoms with van der Waals surface area (Å²) < 4.78 is 17.1. The Morgan fingerprint density at radius 3 is 2.47 bits per heavy atom. The van der Waals surface area contributed by atoms with Crippen LogP contribution in [-0.2, 0) is 9.53 Å². The first-order valence-corrected chi connectivity index (χ1v) is 13.4. The van der Waals surface area contributed by atoms with E-state index in [4.69, 9.17) is 19.7 Å². The van der Waals surface area contributed by atoms with Gasteiger partial charge in [0.1, 0.15) is 41.0 Å². The van der Waals surface area contributed by atoms with Crippen LogP contribution in [0, 0.1) is 0 Å². The lowest BCUT2D eigenvalue weighted by molar-refractivity contribution is -0.111. The Bertz CT molecular complexity index is 1530. The van der Waals surface area contributed by atoms with E-state index in [2.05, 4.69) is 35.6 Å². The average Bonchev–Trinajstić information content (AvgIpc) is 3.01. The number of nitrogens with one attached hydrogen (secondary N) is 2. The van der Waals surface area contributed by atoms with E-state index < -0.39 is 0 Å². The maximum Gasteiger partial charge on any atom is 0.249 e. The van der Waals surface area contributed by atoms with Crippen molar-refractivity contribution in [3.63, 3.8) is 0 Å². The van der Waals surface area contributed by atoms with Crippen LogP contribution in [0.1, 0.15) is 0 Å². The summed E-state index contributed by atoms with van der Waals surface area (Å²) in [5, 5.41) is 9.26. The largest absolute Gasteiger partial charge is 0.457 e. The Hall–Kier alpha value is -5.49. The average molecular weight is 582 g/mol. The topological polar surface area (TPSA) is 159 Å². The van der Waals surface area contributed by atoms with Gasteiger partial charge in [0.2, 0.25) is 11.8 Å². The van der Waals surface area contributed by atoms with Gasteiger partial charge >= 0.3 is 0 Å². The number of hydrogen-bond donors (Lipinski definition) is 2. The van der Waals surface area contributed by atoms with Gasteiger partial charge in [-0.2, -0.15) is 0 Å². The fourth-order valence-corrected chi connectivity index (χ4v) is 3.56. The predicted octanol–water partition coefficient (Wildman–Crippen LogP) is 5.95.